The van der Waals surface area contributed by atoms with Crippen LogP contribution in [0.2, 0.25) is 0 Å². The van der Waals surface area contributed by atoms with Crippen LogP contribution in [0, 0.1) is 118 Å². The fourth-order valence-corrected chi connectivity index (χ4v) is 2.78. The summed E-state index contributed by atoms with van der Waals surface area (Å²) in [6, 6.07) is 0. The third-order valence-electron chi connectivity index (χ3n) is 4.18. The van der Waals surface area contributed by atoms with Crippen molar-refractivity contribution >= 4 is 0 Å². The van der Waals surface area contributed by atoms with Crippen molar-refractivity contribution < 1.29 is 71.7 Å². The van der Waals surface area contributed by atoms with Gasteiger partial charge in [0.05, 0.1) is 53.1 Å². The number of rotatable bonds is 15. The number of unbranched alkanes of at least 4 members (excludes halogenated alkanes) is 13. The van der Waals surface area contributed by atoms with Gasteiger partial charge in [-0.25, -0.2) is 0 Å². The van der Waals surface area contributed by atoms with E-state index in [0.29, 0.717) is 0 Å². The Bertz CT molecular complexity index is 524. The molecule has 0 spiro atoms. The minimum absolute atomic E-state index is 0. The van der Waals surface area contributed by atoms with Gasteiger partial charge >= 0.3 is 41.7 Å². The molecule has 0 aromatic carbocycles. The fourth-order valence-electron chi connectivity index (χ4n) is 2.78. The SMILES string of the molecule is CCCCCCCCCCCCCCCC[N+](C)(C)C.O=[N+]([O-])[O-].O=[N+]([O-])[O-].O=[N+]([O-])[O-].O=[N+]([O-])[O-].O=[N+]([O-])[O-].[Ce+4]. The largest absolute Gasteiger partial charge is 4.00 e. The summed E-state index contributed by atoms with van der Waals surface area (Å²) in [5.74, 6) is 0. The van der Waals surface area contributed by atoms with Crippen molar-refractivity contribution in [2.75, 3.05) is 27.7 Å². The Balaban J connectivity index is -0.0000000891. The van der Waals surface area contributed by atoms with Gasteiger partial charge in [-0.05, 0) is 12.8 Å². The third kappa shape index (κ3) is 227. The Morgan fingerprint density at radius 1 is 0.390 bits per heavy atom. The Morgan fingerprint density at radius 3 is 0.683 bits per heavy atom. The zero-order chi connectivity index (χ0) is 33.0. The van der Waals surface area contributed by atoms with Crippen molar-refractivity contribution in [3.63, 3.8) is 0 Å². The second kappa shape index (κ2) is 44.4. The molecule has 0 aromatic heterocycles. The molecule has 0 saturated carbocycles. The summed E-state index contributed by atoms with van der Waals surface area (Å²) >= 11 is 0. The van der Waals surface area contributed by atoms with E-state index in [1.807, 2.05) is 0 Å². The van der Waals surface area contributed by atoms with E-state index in [1.54, 1.807) is 0 Å². The van der Waals surface area contributed by atoms with Crippen LogP contribution < -0.4 is 0 Å². The van der Waals surface area contributed by atoms with Crippen LogP contribution in [-0.4, -0.2) is 57.6 Å². The van der Waals surface area contributed by atoms with Crippen molar-refractivity contribution in [1.29, 1.82) is 0 Å². The van der Waals surface area contributed by atoms with Crippen molar-refractivity contribution in [3.05, 3.63) is 76.6 Å². The minimum Gasteiger partial charge on any atom is -0.356 e. The second-order valence-corrected chi connectivity index (χ2v) is 8.73. The zero-order valence-corrected chi connectivity index (χ0v) is 27.1. The second-order valence-electron chi connectivity index (χ2n) is 8.73. The molecule has 0 rings (SSSR count). The van der Waals surface area contributed by atoms with E-state index in [4.69, 9.17) is 76.6 Å². The molecule has 0 saturated heterocycles. The molecule has 0 radical (unpaired) electrons. The maximum Gasteiger partial charge on any atom is 4.00 e. The van der Waals surface area contributed by atoms with Gasteiger partial charge < -0.3 is 81.1 Å². The number of quaternary nitrogens is 1. The van der Waals surface area contributed by atoms with Crippen LogP contribution in [0.15, 0.2) is 0 Å². The first-order valence-electron chi connectivity index (χ1n) is 12.1. The summed E-state index contributed by atoms with van der Waals surface area (Å²) in [5, 5.41) is 73.8. The zero-order valence-electron chi connectivity index (χ0n) is 23.9. The molecule has 0 fully saturated rings. The van der Waals surface area contributed by atoms with Crippen LogP contribution in [-0.2, 0) is 0 Å². The van der Waals surface area contributed by atoms with Gasteiger partial charge in [-0.1, -0.05) is 84.0 Å². The van der Waals surface area contributed by atoms with E-state index in [0.717, 1.165) is 4.48 Å². The smallest absolute Gasteiger partial charge is 0.356 e. The molecule has 0 amide bonds. The fraction of sp³-hybridized carbons (Fsp3) is 1.00. The van der Waals surface area contributed by atoms with Crippen LogP contribution in [0.5, 0.6) is 0 Å². The standard InChI is InChI=1S/C19H42N.Ce.5NO3/c1-5-6-7-8-9-10-11-12-13-14-15-16-17-18-19-20(2,3)4;;5*2-1(3)4/h5-19H2,1-4H3;;;;;;/q+1;+4;5*-1. The van der Waals surface area contributed by atoms with E-state index < -0.39 is 25.4 Å². The average molecular weight is 735 g/mol. The van der Waals surface area contributed by atoms with Crippen molar-refractivity contribution in [2.45, 2.75) is 96.8 Å². The molecule has 0 aliphatic rings. The van der Waals surface area contributed by atoms with Gasteiger partial charge in [-0.2, -0.15) is 0 Å². The summed E-state index contributed by atoms with van der Waals surface area (Å²) in [5.41, 5.74) is 0. The van der Waals surface area contributed by atoms with Gasteiger partial charge in [0.1, 0.15) is 0 Å². The molecule has 0 heterocycles. The van der Waals surface area contributed by atoms with Crippen molar-refractivity contribution in [3.8, 4) is 0 Å². The van der Waals surface area contributed by atoms with Gasteiger partial charge in [0.2, 0.25) is 0 Å². The van der Waals surface area contributed by atoms with Crippen LogP contribution in [0.1, 0.15) is 96.8 Å². The minimum atomic E-state index is -1.75. The molecule has 242 valence electrons. The maximum absolute atomic E-state index is 8.25. The predicted molar refractivity (Wildman–Crippen MR) is 145 cm³/mol. The first-order valence-corrected chi connectivity index (χ1v) is 12.1. The van der Waals surface area contributed by atoms with E-state index in [9.17, 15) is 0 Å². The topological polar surface area (TPSA) is 331 Å². The Labute approximate surface area is 271 Å². The van der Waals surface area contributed by atoms with E-state index in [-0.39, 0.29) is 41.7 Å². The van der Waals surface area contributed by atoms with Crippen molar-refractivity contribution in [1.82, 2.24) is 0 Å². The quantitative estimate of drug-likeness (QED) is 0.0926. The molecule has 41 heavy (non-hydrogen) atoms. The molecular weight excluding hydrogens is 692 g/mol. The molecule has 22 heteroatoms. The van der Waals surface area contributed by atoms with Crippen LogP contribution in [0.25, 0.3) is 0 Å². The van der Waals surface area contributed by atoms with Gasteiger partial charge in [-0.3, -0.25) is 0 Å². The Kier molecular flexibility index (Phi) is 58.9. The first kappa shape index (κ1) is 54.4. The van der Waals surface area contributed by atoms with Gasteiger partial charge in [0.25, 0.3) is 0 Å². The van der Waals surface area contributed by atoms with Gasteiger partial charge in [0, 0.05) is 0 Å². The third-order valence-corrected chi connectivity index (χ3v) is 4.18. The molecule has 0 N–H and O–H groups in total. The monoisotopic (exact) mass is 734 g/mol. The molecule has 0 aliphatic carbocycles. The first-order chi connectivity index (χ1) is 18.2. The number of hydrogen-bond donors (Lipinski definition) is 0. The summed E-state index contributed by atoms with van der Waals surface area (Å²) in [4.78, 5) is 41.2. The van der Waals surface area contributed by atoms with E-state index >= 15 is 0 Å². The number of nitrogens with zero attached hydrogens (tertiary/aromatic N) is 6. The number of hydrogen-bond acceptors (Lipinski definition) is 15. The molecule has 21 nitrogen and oxygen atoms in total. The normalized spacial score (nSPS) is 8.78. The summed E-state index contributed by atoms with van der Waals surface area (Å²) < 4.78 is 1.12. The van der Waals surface area contributed by atoms with Crippen LogP contribution >= 0.6 is 0 Å². The Morgan fingerprint density at radius 2 is 0.537 bits per heavy atom. The summed E-state index contributed by atoms with van der Waals surface area (Å²) in [6.45, 7) is 3.63. The molecule has 0 aromatic rings. The molecular formula is C19H42CeN6O15. The van der Waals surface area contributed by atoms with E-state index in [2.05, 4.69) is 28.1 Å². The van der Waals surface area contributed by atoms with E-state index in [1.165, 1.54) is 96.4 Å². The molecule has 0 unspecified atom stereocenters. The van der Waals surface area contributed by atoms with Gasteiger partial charge in [0.15, 0.2) is 0 Å². The molecule has 0 atom stereocenters. The average Bonchev–Trinajstić information content (AvgIpc) is 2.71. The molecule has 0 aliphatic heterocycles. The summed E-state index contributed by atoms with van der Waals surface area (Å²) in [7, 11) is 6.88. The Hall–Kier alpha value is -2.66. The van der Waals surface area contributed by atoms with Gasteiger partial charge in [-0.15, -0.1) is 0 Å². The van der Waals surface area contributed by atoms with Crippen LogP contribution in [0.3, 0.4) is 0 Å². The molecule has 0 bridgehead atoms. The predicted octanol–water partition coefficient (Wildman–Crippen LogP) is 4.98. The van der Waals surface area contributed by atoms with Crippen molar-refractivity contribution in [2.24, 2.45) is 0 Å². The maximum atomic E-state index is 8.25. The van der Waals surface area contributed by atoms with Crippen LogP contribution in [0.4, 0.5) is 0 Å². The summed E-state index contributed by atoms with van der Waals surface area (Å²) in [6.07, 6.45) is 20.4.